The molecule has 2 rings (SSSR count). The summed E-state index contributed by atoms with van der Waals surface area (Å²) < 4.78 is 37.4. The molecule has 1 aromatic rings. The molecule has 0 radical (unpaired) electrons. The number of sulfone groups is 1. The van der Waals surface area contributed by atoms with Gasteiger partial charge in [-0.05, 0) is 25.5 Å². The topological polar surface area (TPSA) is 98.8 Å². The Labute approximate surface area is 155 Å². The van der Waals surface area contributed by atoms with E-state index in [0.717, 1.165) is 5.56 Å². The van der Waals surface area contributed by atoms with E-state index in [-0.39, 0.29) is 24.3 Å². The maximum Gasteiger partial charge on any atom is 0.178 e. The Hall–Kier alpha value is -1.25. The van der Waals surface area contributed by atoms with E-state index in [1.54, 1.807) is 30.3 Å². The second kappa shape index (κ2) is 9.10. The lowest BCUT2D eigenvalue weighted by Gasteiger charge is -2.23. The maximum absolute atomic E-state index is 12.9. The molecule has 3 N–H and O–H groups in total. The van der Waals surface area contributed by atoms with E-state index in [0.29, 0.717) is 17.7 Å². The van der Waals surface area contributed by atoms with Crippen molar-refractivity contribution in [3.05, 3.63) is 42.5 Å². The van der Waals surface area contributed by atoms with Gasteiger partial charge < -0.3 is 20.3 Å². The van der Waals surface area contributed by atoms with Gasteiger partial charge in [-0.1, -0.05) is 23.8 Å². The summed E-state index contributed by atoms with van der Waals surface area (Å²) in [5.41, 5.74) is 6.50. The number of aliphatic hydroxyl groups is 1. The van der Waals surface area contributed by atoms with Gasteiger partial charge in [-0.3, -0.25) is 0 Å². The van der Waals surface area contributed by atoms with E-state index in [2.05, 4.69) is 6.58 Å². The van der Waals surface area contributed by atoms with Crippen molar-refractivity contribution in [1.82, 2.24) is 0 Å². The summed E-state index contributed by atoms with van der Waals surface area (Å²) in [7, 11) is -1.95. The van der Waals surface area contributed by atoms with Gasteiger partial charge >= 0.3 is 0 Å². The molecule has 0 aliphatic carbocycles. The third-order valence-electron chi connectivity index (χ3n) is 4.86. The highest BCUT2D eigenvalue weighted by Gasteiger charge is 2.46. The quantitative estimate of drug-likeness (QED) is 0.626. The highest BCUT2D eigenvalue weighted by molar-refractivity contribution is 7.91. The van der Waals surface area contributed by atoms with Crippen molar-refractivity contribution in [2.24, 2.45) is 11.7 Å². The standard InChI is InChI=1S/C19H29NO5S/c1-4-5-17-16(19(24-3)18(25-17)10-14(21)11-20)12-26(22,23)15-8-6-13(2)7-9-15/h4,6-9,14,16-19,21H,1,5,10-12,20H2,2-3H3/t14?,16-,17-,18+,19+/m0/s1. The van der Waals surface area contributed by atoms with E-state index >= 15 is 0 Å². The average Bonchev–Trinajstić information content (AvgIpc) is 2.91. The lowest BCUT2D eigenvalue weighted by Crippen LogP contribution is -2.37. The number of ether oxygens (including phenoxy) is 2. The molecule has 0 saturated carbocycles. The molecule has 146 valence electrons. The first-order valence-electron chi connectivity index (χ1n) is 8.79. The van der Waals surface area contributed by atoms with Crippen LogP contribution in [0.2, 0.25) is 0 Å². The molecule has 1 aliphatic heterocycles. The molecule has 0 bridgehead atoms. The van der Waals surface area contributed by atoms with Crippen molar-refractivity contribution >= 4 is 9.84 Å². The second-order valence-electron chi connectivity index (χ2n) is 6.82. The van der Waals surface area contributed by atoms with E-state index in [1.165, 1.54) is 7.11 Å². The van der Waals surface area contributed by atoms with Gasteiger partial charge in [0.05, 0.1) is 35.1 Å². The lowest BCUT2D eigenvalue weighted by molar-refractivity contribution is -0.0294. The number of rotatable bonds is 9. The predicted octanol–water partition coefficient (Wildman–Crippen LogP) is 1.45. The maximum atomic E-state index is 12.9. The van der Waals surface area contributed by atoms with E-state index in [1.807, 2.05) is 6.92 Å². The Kier molecular flexibility index (Phi) is 7.37. The largest absolute Gasteiger partial charge is 0.392 e. The highest BCUT2D eigenvalue weighted by Crippen LogP contribution is 2.35. The smallest absolute Gasteiger partial charge is 0.178 e. The number of methoxy groups -OCH3 is 1. The van der Waals surface area contributed by atoms with Crippen molar-refractivity contribution in [3.8, 4) is 0 Å². The second-order valence-corrected chi connectivity index (χ2v) is 8.86. The summed E-state index contributed by atoms with van der Waals surface area (Å²) in [6.07, 6.45) is 0.669. The zero-order chi connectivity index (χ0) is 19.3. The average molecular weight is 384 g/mol. The SMILES string of the molecule is C=CC[C@@H]1O[C@H](CC(O)CN)[C@H](OC)[C@H]1CS(=O)(=O)c1ccc(C)cc1. The third kappa shape index (κ3) is 4.92. The zero-order valence-electron chi connectivity index (χ0n) is 15.4. The van der Waals surface area contributed by atoms with Crippen molar-refractivity contribution in [2.75, 3.05) is 19.4 Å². The van der Waals surface area contributed by atoms with Crippen LogP contribution in [0, 0.1) is 12.8 Å². The van der Waals surface area contributed by atoms with Crippen LogP contribution < -0.4 is 5.73 Å². The number of hydrogen-bond donors (Lipinski definition) is 2. The van der Waals surface area contributed by atoms with Gasteiger partial charge in [-0.15, -0.1) is 6.58 Å². The molecule has 0 aromatic heterocycles. The van der Waals surface area contributed by atoms with Crippen LogP contribution in [-0.4, -0.2) is 57.3 Å². The van der Waals surface area contributed by atoms with E-state index < -0.39 is 28.1 Å². The first-order chi connectivity index (χ1) is 12.3. The van der Waals surface area contributed by atoms with Gasteiger partial charge in [0.1, 0.15) is 0 Å². The molecular weight excluding hydrogens is 354 g/mol. The summed E-state index contributed by atoms with van der Waals surface area (Å²) in [6, 6.07) is 6.82. The van der Waals surface area contributed by atoms with Gasteiger partial charge in [0, 0.05) is 26.0 Å². The van der Waals surface area contributed by atoms with Crippen LogP contribution >= 0.6 is 0 Å². The molecule has 7 heteroatoms. The van der Waals surface area contributed by atoms with Gasteiger partial charge in [0.2, 0.25) is 0 Å². The molecular formula is C19H29NO5S. The minimum atomic E-state index is -3.49. The summed E-state index contributed by atoms with van der Waals surface area (Å²) in [5.74, 6) is -0.429. The summed E-state index contributed by atoms with van der Waals surface area (Å²) in [6.45, 7) is 5.77. The van der Waals surface area contributed by atoms with Crippen LogP contribution in [0.4, 0.5) is 0 Å². The normalized spacial score (nSPS) is 27.4. The fourth-order valence-corrected chi connectivity index (χ4v) is 5.12. The minimum Gasteiger partial charge on any atom is -0.392 e. The molecule has 26 heavy (non-hydrogen) atoms. The van der Waals surface area contributed by atoms with Crippen molar-refractivity contribution in [3.63, 3.8) is 0 Å². The van der Waals surface area contributed by atoms with Gasteiger partial charge in [-0.25, -0.2) is 8.42 Å². The minimum absolute atomic E-state index is 0.0811. The van der Waals surface area contributed by atoms with E-state index in [9.17, 15) is 13.5 Å². The van der Waals surface area contributed by atoms with E-state index in [4.69, 9.17) is 15.2 Å². The van der Waals surface area contributed by atoms with Crippen LogP contribution in [0.5, 0.6) is 0 Å². The van der Waals surface area contributed by atoms with Crippen LogP contribution in [-0.2, 0) is 19.3 Å². The molecule has 1 aliphatic rings. The number of aliphatic hydroxyl groups excluding tert-OH is 1. The van der Waals surface area contributed by atoms with Crippen LogP contribution in [0.15, 0.2) is 41.8 Å². The van der Waals surface area contributed by atoms with Crippen molar-refractivity contribution in [2.45, 2.75) is 49.1 Å². The van der Waals surface area contributed by atoms with Gasteiger partial charge in [-0.2, -0.15) is 0 Å². The number of hydrogen-bond acceptors (Lipinski definition) is 6. The first-order valence-corrected chi connectivity index (χ1v) is 10.4. The first kappa shape index (κ1) is 21.1. The fourth-order valence-electron chi connectivity index (χ4n) is 3.46. The summed E-state index contributed by atoms with van der Waals surface area (Å²) in [4.78, 5) is 0.292. The summed E-state index contributed by atoms with van der Waals surface area (Å²) >= 11 is 0. The molecule has 1 saturated heterocycles. The predicted molar refractivity (Wildman–Crippen MR) is 101 cm³/mol. The van der Waals surface area contributed by atoms with Gasteiger partial charge in [0.25, 0.3) is 0 Å². The molecule has 1 heterocycles. The van der Waals surface area contributed by atoms with Crippen LogP contribution in [0.25, 0.3) is 0 Å². The molecule has 1 aromatic carbocycles. The highest BCUT2D eigenvalue weighted by atomic mass is 32.2. The summed E-state index contributed by atoms with van der Waals surface area (Å²) in [5, 5.41) is 9.87. The van der Waals surface area contributed by atoms with Crippen molar-refractivity contribution in [1.29, 1.82) is 0 Å². The number of aryl methyl sites for hydroxylation is 1. The van der Waals surface area contributed by atoms with Crippen molar-refractivity contribution < 1.29 is 23.0 Å². The number of benzene rings is 1. The molecule has 1 fully saturated rings. The lowest BCUT2D eigenvalue weighted by atomic mass is 9.94. The molecule has 0 amide bonds. The Bertz CT molecular complexity index is 688. The Morgan fingerprint density at radius 1 is 1.35 bits per heavy atom. The Balaban J connectivity index is 2.24. The monoisotopic (exact) mass is 383 g/mol. The third-order valence-corrected chi connectivity index (χ3v) is 6.67. The molecule has 0 spiro atoms. The fraction of sp³-hybridized carbons (Fsp3) is 0.579. The van der Waals surface area contributed by atoms with Crippen LogP contribution in [0.3, 0.4) is 0 Å². The number of nitrogens with two attached hydrogens (primary N) is 1. The zero-order valence-corrected chi connectivity index (χ0v) is 16.2. The van der Waals surface area contributed by atoms with Crippen LogP contribution in [0.1, 0.15) is 18.4 Å². The van der Waals surface area contributed by atoms with Gasteiger partial charge in [0.15, 0.2) is 9.84 Å². The molecule has 5 atom stereocenters. The molecule has 1 unspecified atom stereocenters. The Morgan fingerprint density at radius 2 is 2.00 bits per heavy atom. The molecule has 6 nitrogen and oxygen atoms in total. The Morgan fingerprint density at radius 3 is 2.54 bits per heavy atom.